The van der Waals surface area contributed by atoms with Gasteiger partial charge in [-0.1, -0.05) is 29.3 Å². The third kappa shape index (κ3) is 4.47. The summed E-state index contributed by atoms with van der Waals surface area (Å²) in [5.41, 5.74) is -0.0178. The highest BCUT2D eigenvalue weighted by Crippen LogP contribution is 2.22. The van der Waals surface area contributed by atoms with E-state index in [1.807, 2.05) is 0 Å². The number of ether oxygens (including phenoxy) is 1. The number of methoxy groups -OCH3 is 1. The number of aromatic nitrogens is 2. The second kappa shape index (κ2) is 8.06. The Bertz CT molecular complexity index is 1220. The first kappa shape index (κ1) is 20.6. The Kier molecular flexibility index (Phi) is 5.71. The van der Waals surface area contributed by atoms with E-state index in [-0.39, 0.29) is 4.90 Å². The first-order valence-electron chi connectivity index (χ1n) is 8.21. The van der Waals surface area contributed by atoms with Crippen molar-refractivity contribution in [1.29, 1.82) is 0 Å². The molecular weight excluding hydrogens is 420 g/mol. The van der Waals surface area contributed by atoms with Crippen LogP contribution in [0.25, 0.3) is 5.69 Å². The van der Waals surface area contributed by atoms with Crippen molar-refractivity contribution in [1.82, 2.24) is 9.78 Å². The molecule has 8 nitrogen and oxygen atoms in total. The molecule has 150 valence electrons. The smallest absolute Gasteiger partial charge is 0.362 e. The molecule has 1 heterocycles. The highest BCUT2D eigenvalue weighted by Gasteiger charge is 2.25. The summed E-state index contributed by atoms with van der Waals surface area (Å²) in [5, 5.41) is 4.38. The summed E-state index contributed by atoms with van der Waals surface area (Å²) >= 11 is 5.84. The number of carbonyl (C=O) groups excluding carboxylic acids is 1. The molecule has 0 amide bonds. The Morgan fingerprint density at radius 2 is 1.69 bits per heavy atom. The number of benzene rings is 2. The van der Waals surface area contributed by atoms with Gasteiger partial charge in [0, 0.05) is 5.02 Å². The molecule has 0 aliphatic rings. The Hall–Kier alpha value is -3.17. The number of carbonyl (C=O) groups is 1. The van der Waals surface area contributed by atoms with Gasteiger partial charge < -0.3 is 8.92 Å². The summed E-state index contributed by atoms with van der Waals surface area (Å²) in [6, 6.07) is 12.9. The first-order chi connectivity index (χ1) is 13.7. The van der Waals surface area contributed by atoms with Crippen LogP contribution >= 0.6 is 11.6 Å². The normalized spacial score (nSPS) is 11.1. The largest absolute Gasteiger partial charge is 0.464 e. The molecule has 0 aliphatic carbocycles. The van der Waals surface area contributed by atoms with Gasteiger partial charge in [0.1, 0.15) is 4.90 Å². The van der Waals surface area contributed by atoms with Gasteiger partial charge in [-0.15, -0.1) is 0 Å². The van der Waals surface area contributed by atoms with Crippen molar-refractivity contribution in [3.63, 3.8) is 0 Å². The van der Waals surface area contributed by atoms with E-state index < -0.39 is 33.1 Å². The minimum atomic E-state index is -4.31. The van der Waals surface area contributed by atoms with Gasteiger partial charge >= 0.3 is 16.1 Å². The van der Waals surface area contributed by atoms with Gasteiger partial charge in [0.25, 0.3) is 5.56 Å². The van der Waals surface area contributed by atoms with Gasteiger partial charge in [-0.2, -0.15) is 18.2 Å². The molecule has 2 aromatic carbocycles. The topological polar surface area (TPSA) is 105 Å². The van der Waals surface area contributed by atoms with Crippen LogP contribution in [0.2, 0.25) is 5.02 Å². The molecule has 0 bridgehead atoms. The van der Waals surface area contributed by atoms with Gasteiger partial charge in [0.05, 0.1) is 18.9 Å². The summed E-state index contributed by atoms with van der Waals surface area (Å²) < 4.78 is 35.7. The molecule has 0 spiro atoms. The van der Waals surface area contributed by atoms with Crippen LogP contribution in [0.1, 0.15) is 16.1 Å². The maximum absolute atomic E-state index is 12.6. The summed E-state index contributed by atoms with van der Waals surface area (Å²) in [6.45, 7) is 1.80. The van der Waals surface area contributed by atoms with Crippen LogP contribution < -0.4 is 9.74 Å². The van der Waals surface area contributed by atoms with Crippen molar-refractivity contribution >= 4 is 27.7 Å². The maximum Gasteiger partial charge on any atom is 0.362 e. The van der Waals surface area contributed by atoms with E-state index in [9.17, 15) is 18.0 Å². The lowest BCUT2D eigenvalue weighted by Crippen LogP contribution is -2.25. The predicted octanol–water partition coefficient (Wildman–Crippen LogP) is 2.75. The lowest BCUT2D eigenvalue weighted by atomic mass is 10.2. The second-order valence-corrected chi connectivity index (χ2v) is 7.91. The van der Waals surface area contributed by atoms with E-state index in [1.165, 1.54) is 36.4 Å². The molecule has 29 heavy (non-hydrogen) atoms. The van der Waals surface area contributed by atoms with Crippen molar-refractivity contribution in [3.8, 4) is 11.4 Å². The third-order valence-electron chi connectivity index (χ3n) is 3.86. The lowest BCUT2D eigenvalue weighted by Gasteiger charge is -2.12. The molecule has 1 aromatic heterocycles. The fraction of sp³-hybridized carbons (Fsp3) is 0.105. The molecule has 10 heteroatoms. The van der Waals surface area contributed by atoms with Gasteiger partial charge in [-0.05, 0) is 43.3 Å². The number of esters is 1. The van der Waals surface area contributed by atoms with E-state index >= 15 is 0 Å². The third-order valence-corrected chi connectivity index (χ3v) is 5.36. The van der Waals surface area contributed by atoms with E-state index in [1.54, 1.807) is 19.1 Å². The van der Waals surface area contributed by atoms with Crippen molar-refractivity contribution in [2.24, 2.45) is 0 Å². The van der Waals surface area contributed by atoms with Crippen LogP contribution in [0.5, 0.6) is 5.75 Å². The number of hydrogen-bond acceptors (Lipinski definition) is 7. The minimum Gasteiger partial charge on any atom is -0.464 e. The van der Waals surface area contributed by atoms with Crippen LogP contribution in [0, 0.1) is 6.92 Å². The average Bonchev–Trinajstić information content (AvgIpc) is 2.68. The number of aryl methyl sites for hydroxylation is 1. The lowest BCUT2D eigenvalue weighted by molar-refractivity contribution is 0.0589. The van der Waals surface area contributed by atoms with E-state index in [0.717, 1.165) is 23.4 Å². The van der Waals surface area contributed by atoms with Crippen molar-refractivity contribution in [2.45, 2.75) is 11.8 Å². The SMILES string of the molecule is COC(=O)c1nn(-c2ccc(Cl)cc2)c(=O)cc1OS(=O)(=O)c1ccc(C)cc1. The predicted molar refractivity (Wildman–Crippen MR) is 105 cm³/mol. The van der Waals surface area contributed by atoms with Gasteiger partial charge in [0.2, 0.25) is 5.69 Å². The molecule has 3 rings (SSSR count). The summed E-state index contributed by atoms with van der Waals surface area (Å²) in [4.78, 5) is 24.5. The molecule has 0 N–H and O–H groups in total. The quantitative estimate of drug-likeness (QED) is 0.449. The molecule has 0 atom stereocenters. The Morgan fingerprint density at radius 3 is 2.28 bits per heavy atom. The first-order valence-corrected chi connectivity index (χ1v) is 9.99. The van der Waals surface area contributed by atoms with Gasteiger partial charge in [-0.25, -0.2) is 4.79 Å². The molecular formula is C19H15ClN2O6S. The molecule has 3 aromatic rings. The minimum absolute atomic E-state index is 0.138. The molecule has 0 unspecified atom stereocenters. The summed E-state index contributed by atoms with van der Waals surface area (Å²) in [7, 11) is -3.21. The Morgan fingerprint density at radius 1 is 1.07 bits per heavy atom. The zero-order valence-corrected chi connectivity index (χ0v) is 16.9. The van der Waals surface area contributed by atoms with Gasteiger partial charge in [-0.3, -0.25) is 4.79 Å². The summed E-state index contributed by atoms with van der Waals surface area (Å²) in [6.07, 6.45) is 0. The molecule has 0 fully saturated rings. The van der Waals surface area contributed by atoms with Crippen molar-refractivity contribution in [3.05, 3.63) is 81.2 Å². The maximum atomic E-state index is 12.6. The second-order valence-electron chi connectivity index (χ2n) is 5.93. The van der Waals surface area contributed by atoms with Crippen molar-refractivity contribution in [2.75, 3.05) is 7.11 Å². The van der Waals surface area contributed by atoms with Crippen LogP contribution in [0.15, 0.2) is 64.3 Å². The van der Waals surface area contributed by atoms with Crippen LogP contribution in [0.3, 0.4) is 0 Å². The zero-order chi connectivity index (χ0) is 21.2. The van der Waals surface area contributed by atoms with Crippen molar-refractivity contribution < 1.29 is 22.1 Å². The average molecular weight is 435 g/mol. The number of hydrogen-bond donors (Lipinski definition) is 0. The monoisotopic (exact) mass is 434 g/mol. The van der Waals surface area contributed by atoms with Crippen LogP contribution in [-0.2, 0) is 14.9 Å². The zero-order valence-electron chi connectivity index (χ0n) is 15.3. The van der Waals surface area contributed by atoms with E-state index in [4.69, 9.17) is 15.8 Å². The number of halogens is 1. The molecule has 0 saturated heterocycles. The number of nitrogens with zero attached hydrogens (tertiary/aromatic N) is 2. The van der Waals surface area contributed by atoms with Gasteiger partial charge in [0.15, 0.2) is 5.75 Å². The van der Waals surface area contributed by atoms with E-state index in [0.29, 0.717) is 10.7 Å². The Balaban J connectivity index is 2.10. The summed E-state index contributed by atoms with van der Waals surface area (Å²) in [5.74, 6) is -1.51. The standard InChI is InChI=1S/C19H15ClN2O6S/c1-12-3-9-15(10-4-12)29(25,26)28-16-11-17(23)22(21-18(16)19(24)27-2)14-7-5-13(20)6-8-14/h3-11H,1-2H3. The molecule has 0 radical (unpaired) electrons. The van der Waals surface area contributed by atoms with Crippen LogP contribution in [-0.4, -0.2) is 31.3 Å². The van der Waals surface area contributed by atoms with Crippen LogP contribution in [0.4, 0.5) is 0 Å². The number of rotatable bonds is 5. The van der Waals surface area contributed by atoms with E-state index in [2.05, 4.69) is 9.84 Å². The Labute approximate surface area is 171 Å². The highest BCUT2D eigenvalue weighted by atomic mass is 35.5. The molecule has 0 aliphatic heterocycles. The highest BCUT2D eigenvalue weighted by molar-refractivity contribution is 7.87. The fourth-order valence-electron chi connectivity index (χ4n) is 2.38. The molecule has 0 saturated carbocycles. The fourth-order valence-corrected chi connectivity index (χ4v) is 3.44.